The summed E-state index contributed by atoms with van der Waals surface area (Å²) in [6.07, 6.45) is 1.98. The van der Waals surface area contributed by atoms with Crippen LogP contribution in [0.2, 0.25) is 0 Å². The average Bonchev–Trinajstić information content (AvgIpc) is 3.76. The van der Waals surface area contributed by atoms with Gasteiger partial charge in [0.25, 0.3) is 6.43 Å². The highest BCUT2D eigenvalue weighted by molar-refractivity contribution is 7.89. The second-order valence-corrected chi connectivity index (χ2v) is 15.6. The van der Waals surface area contributed by atoms with Gasteiger partial charge in [0.05, 0.1) is 11.4 Å². The Balaban J connectivity index is 1.54. The smallest absolute Gasteiger partial charge is 0.291 e. The highest BCUT2D eigenvalue weighted by Crippen LogP contribution is 2.46. The monoisotopic (exact) mass is 622 g/mol. The fourth-order valence-corrected chi connectivity index (χ4v) is 7.72. The first-order valence-corrected chi connectivity index (χ1v) is 16.5. The van der Waals surface area contributed by atoms with E-state index < -0.39 is 38.6 Å². The summed E-state index contributed by atoms with van der Waals surface area (Å²) >= 11 is 0.783. The Hall–Kier alpha value is -2.75. The molecule has 11 nitrogen and oxygen atoms in total. The molecule has 42 heavy (non-hydrogen) atoms. The first-order valence-electron chi connectivity index (χ1n) is 14.2. The number of nitrogens with zero attached hydrogens (tertiary/aromatic N) is 5. The third-order valence-electron chi connectivity index (χ3n) is 7.83. The van der Waals surface area contributed by atoms with Gasteiger partial charge in [-0.25, -0.2) is 26.9 Å². The van der Waals surface area contributed by atoms with E-state index in [2.05, 4.69) is 25.6 Å². The van der Waals surface area contributed by atoms with E-state index in [1.807, 2.05) is 39.5 Å². The number of sulfonamides is 1. The molecule has 1 atom stereocenters. The van der Waals surface area contributed by atoms with Crippen LogP contribution in [-0.4, -0.2) is 70.2 Å². The summed E-state index contributed by atoms with van der Waals surface area (Å²) in [5, 5.41) is 14.0. The molecule has 0 aromatic carbocycles. The summed E-state index contributed by atoms with van der Waals surface area (Å²) in [5.74, 6) is -0.0405. The van der Waals surface area contributed by atoms with Crippen LogP contribution in [0.25, 0.3) is 16.3 Å². The molecule has 228 valence electrons. The lowest BCUT2D eigenvalue weighted by Crippen LogP contribution is -2.66. The van der Waals surface area contributed by atoms with Crippen LogP contribution in [0, 0.1) is 0 Å². The number of halogens is 2. The Morgan fingerprint density at radius 1 is 1.19 bits per heavy atom. The maximum atomic E-state index is 13.7. The van der Waals surface area contributed by atoms with Gasteiger partial charge in [-0.3, -0.25) is 14.5 Å². The van der Waals surface area contributed by atoms with Crippen LogP contribution < -0.4 is 20.3 Å². The summed E-state index contributed by atoms with van der Waals surface area (Å²) in [4.78, 5) is 20.1. The fourth-order valence-electron chi connectivity index (χ4n) is 5.49. The van der Waals surface area contributed by atoms with Crippen molar-refractivity contribution in [1.82, 2.24) is 34.9 Å². The van der Waals surface area contributed by atoms with Gasteiger partial charge >= 0.3 is 0 Å². The van der Waals surface area contributed by atoms with E-state index in [1.54, 1.807) is 10.5 Å². The van der Waals surface area contributed by atoms with E-state index in [4.69, 9.17) is 4.98 Å². The van der Waals surface area contributed by atoms with Gasteiger partial charge < -0.3 is 10.2 Å². The zero-order valence-corrected chi connectivity index (χ0v) is 25.9. The predicted molar refractivity (Wildman–Crippen MR) is 155 cm³/mol. The number of hydrogen-bond donors (Lipinski definition) is 3. The van der Waals surface area contributed by atoms with Crippen LogP contribution in [0.15, 0.2) is 17.2 Å². The normalized spacial score (nSPS) is 21.8. The second-order valence-electron chi connectivity index (χ2n) is 12.9. The van der Waals surface area contributed by atoms with Crippen LogP contribution in [0.3, 0.4) is 0 Å². The van der Waals surface area contributed by atoms with Gasteiger partial charge in [0, 0.05) is 42.3 Å². The van der Waals surface area contributed by atoms with Gasteiger partial charge in [-0.1, -0.05) is 11.3 Å². The molecular formula is C27H36F2N8O3S2. The van der Waals surface area contributed by atoms with Crippen molar-refractivity contribution in [3.63, 3.8) is 0 Å². The molecule has 4 heterocycles. The molecule has 1 aliphatic heterocycles. The molecule has 0 radical (unpaired) electrons. The minimum atomic E-state index is -3.96. The first-order chi connectivity index (χ1) is 19.6. The van der Waals surface area contributed by atoms with Crippen molar-refractivity contribution in [2.45, 2.75) is 101 Å². The Kier molecular flexibility index (Phi) is 7.10. The maximum Gasteiger partial charge on any atom is 0.291 e. The van der Waals surface area contributed by atoms with Crippen molar-refractivity contribution in [2.75, 3.05) is 18.0 Å². The molecule has 1 amide bonds. The molecule has 3 aromatic rings. The minimum absolute atomic E-state index is 0.0252. The molecule has 0 spiro atoms. The number of alkyl halides is 2. The molecule has 0 bridgehead atoms. The number of rotatable bonds is 9. The molecule has 3 aromatic heterocycles. The van der Waals surface area contributed by atoms with Crippen LogP contribution in [-0.2, 0) is 14.8 Å². The lowest BCUT2D eigenvalue weighted by molar-refractivity contribution is -0.124. The van der Waals surface area contributed by atoms with E-state index in [1.165, 1.54) is 6.20 Å². The minimum Gasteiger partial charge on any atom is -0.365 e. The van der Waals surface area contributed by atoms with Gasteiger partial charge in [-0.05, 0) is 66.4 Å². The van der Waals surface area contributed by atoms with Crippen LogP contribution in [0.5, 0.6) is 0 Å². The summed E-state index contributed by atoms with van der Waals surface area (Å²) in [5.41, 5.74) is 1.20. The topological polar surface area (TPSA) is 134 Å². The second kappa shape index (κ2) is 10.2. The summed E-state index contributed by atoms with van der Waals surface area (Å²) in [6, 6.07) is 1.00. The predicted octanol–water partition coefficient (Wildman–Crippen LogP) is 3.58. The molecule has 15 heteroatoms. The van der Waals surface area contributed by atoms with Crippen molar-refractivity contribution < 1.29 is 22.0 Å². The summed E-state index contributed by atoms with van der Waals surface area (Å²) in [6.45, 7) is 10.4. The van der Waals surface area contributed by atoms with Crippen molar-refractivity contribution in [2.24, 2.45) is 0 Å². The van der Waals surface area contributed by atoms with E-state index in [0.29, 0.717) is 29.3 Å². The van der Waals surface area contributed by atoms with Gasteiger partial charge in [0.15, 0.2) is 15.7 Å². The fraction of sp³-hybridized carbons (Fsp3) is 0.630. The zero-order chi connectivity index (χ0) is 30.2. The molecule has 3 N–H and O–H groups in total. The van der Waals surface area contributed by atoms with Crippen molar-refractivity contribution in [3.8, 4) is 10.7 Å². The number of carbonyl (C=O) groups excluding carboxylic acids is 1. The molecule has 2 aliphatic carbocycles. The molecule has 2 saturated carbocycles. The lowest BCUT2D eigenvalue weighted by atomic mass is 9.97. The number of carbonyl (C=O) groups is 1. The molecule has 1 saturated heterocycles. The maximum absolute atomic E-state index is 13.7. The zero-order valence-electron chi connectivity index (χ0n) is 24.2. The van der Waals surface area contributed by atoms with Crippen molar-refractivity contribution in [3.05, 3.63) is 23.0 Å². The number of piperazine rings is 1. The Labute approximate surface area is 247 Å². The Morgan fingerprint density at radius 2 is 1.90 bits per heavy atom. The van der Waals surface area contributed by atoms with Crippen LogP contribution in [0.4, 0.5) is 14.5 Å². The number of anilines is 1. The molecule has 6 rings (SSSR count). The number of imidazole rings is 1. The summed E-state index contributed by atoms with van der Waals surface area (Å²) in [7, 11) is -3.96. The third-order valence-corrected chi connectivity index (χ3v) is 10.4. The number of pyridine rings is 1. The largest absolute Gasteiger partial charge is 0.365 e. The molecular weight excluding hydrogens is 586 g/mol. The van der Waals surface area contributed by atoms with Crippen LogP contribution in [0.1, 0.15) is 83.3 Å². The van der Waals surface area contributed by atoms with Crippen molar-refractivity contribution in [1.29, 1.82) is 0 Å². The average molecular weight is 623 g/mol. The van der Waals surface area contributed by atoms with Gasteiger partial charge in [-0.2, -0.15) is 0 Å². The van der Waals surface area contributed by atoms with Gasteiger partial charge in [0.1, 0.15) is 16.6 Å². The summed E-state index contributed by atoms with van der Waals surface area (Å²) < 4.78 is 58.9. The quantitative estimate of drug-likeness (QED) is 0.330. The standard InChI is InChI=1S/C27H36F2N8O3S2/c1-14(2)30-23(38)17-12-36(13-26(3,4)32-17)18-10-16(42(39,40)35-27(5)8-9-27)11-37-20(19(15-6-7-15)31-22(18)37)24-33-34-25(41-24)21(28)29/h10-11,14-15,17,21,32,35H,6-9,12-13H2,1-5H3,(H,30,38)/t17-/m0/s1. The highest BCUT2D eigenvalue weighted by atomic mass is 32.2. The lowest BCUT2D eigenvalue weighted by Gasteiger charge is -2.44. The van der Waals surface area contributed by atoms with E-state index in [-0.39, 0.29) is 34.3 Å². The first kappa shape index (κ1) is 29.3. The van der Waals surface area contributed by atoms with Crippen molar-refractivity contribution >= 4 is 38.6 Å². The number of aromatic nitrogens is 4. The third kappa shape index (κ3) is 5.75. The van der Waals surface area contributed by atoms with Crippen LogP contribution >= 0.6 is 11.3 Å². The molecule has 3 fully saturated rings. The highest BCUT2D eigenvalue weighted by Gasteiger charge is 2.43. The number of nitrogens with one attached hydrogen (secondary N) is 3. The molecule has 0 unspecified atom stereocenters. The Bertz CT molecular complexity index is 1640. The number of amides is 1. The van der Waals surface area contributed by atoms with E-state index in [9.17, 15) is 22.0 Å². The SMILES string of the molecule is CC(C)NC(=O)[C@@H]1CN(c2cc(S(=O)(=O)NC3(C)CC3)cn3c(-c4nnc(C(F)F)s4)c(C4CC4)nc23)CC(C)(C)N1. The number of fused-ring (bicyclic) bond motifs is 1. The Morgan fingerprint density at radius 3 is 2.50 bits per heavy atom. The molecule has 3 aliphatic rings. The van der Waals surface area contributed by atoms with E-state index in [0.717, 1.165) is 37.0 Å². The number of hydrogen-bond acceptors (Lipinski definition) is 9. The van der Waals surface area contributed by atoms with E-state index >= 15 is 0 Å². The van der Waals surface area contributed by atoms with Gasteiger partial charge in [-0.15, -0.1) is 10.2 Å². The van der Waals surface area contributed by atoms with Gasteiger partial charge in [0.2, 0.25) is 15.9 Å².